The summed E-state index contributed by atoms with van der Waals surface area (Å²) in [6.07, 6.45) is 0.828. The third kappa shape index (κ3) is 3.07. The molecule has 0 aromatic heterocycles. The molecule has 1 fully saturated rings. The van der Waals surface area contributed by atoms with E-state index in [-0.39, 0.29) is 6.54 Å². The Morgan fingerprint density at radius 1 is 1.17 bits per heavy atom. The SMILES string of the molecule is O=Cc1ccc(N2CCN(CC(=O)O)CC2)cc1. The summed E-state index contributed by atoms with van der Waals surface area (Å²) in [6, 6.07) is 7.45. The maximum absolute atomic E-state index is 10.6. The summed E-state index contributed by atoms with van der Waals surface area (Å²) in [4.78, 5) is 25.3. The lowest BCUT2D eigenvalue weighted by Gasteiger charge is -2.35. The number of benzene rings is 1. The van der Waals surface area contributed by atoms with Gasteiger partial charge in [-0.15, -0.1) is 0 Å². The molecule has 1 aliphatic heterocycles. The molecule has 5 heteroatoms. The van der Waals surface area contributed by atoms with Gasteiger partial charge in [-0.2, -0.15) is 0 Å². The summed E-state index contributed by atoms with van der Waals surface area (Å²) in [5.74, 6) is -0.779. The van der Waals surface area contributed by atoms with Crippen molar-refractivity contribution in [3.8, 4) is 0 Å². The summed E-state index contributed by atoms with van der Waals surface area (Å²) in [7, 11) is 0. The van der Waals surface area contributed by atoms with Gasteiger partial charge in [0.15, 0.2) is 0 Å². The summed E-state index contributed by atoms with van der Waals surface area (Å²) in [5, 5.41) is 8.72. The number of carbonyl (C=O) groups excluding carboxylic acids is 1. The molecule has 0 saturated carbocycles. The van der Waals surface area contributed by atoms with Crippen LogP contribution in [0.1, 0.15) is 10.4 Å². The number of anilines is 1. The largest absolute Gasteiger partial charge is 0.480 e. The number of carboxylic acid groups (broad SMARTS) is 1. The molecule has 0 amide bonds. The molecule has 1 aromatic carbocycles. The van der Waals surface area contributed by atoms with Crippen LogP contribution in [0.5, 0.6) is 0 Å². The molecule has 0 aliphatic carbocycles. The van der Waals surface area contributed by atoms with E-state index in [2.05, 4.69) is 4.90 Å². The molecule has 1 aromatic rings. The van der Waals surface area contributed by atoms with Crippen LogP contribution < -0.4 is 4.90 Å². The minimum Gasteiger partial charge on any atom is -0.480 e. The number of nitrogens with zero attached hydrogens (tertiary/aromatic N) is 2. The van der Waals surface area contributed by atoms with Crippen molar-refractivity contribution >= 4 is 17.9 Å². The molecule has 0 radical (unpaired) electrons. The number of aliphatic carboxylic acids is 1. The maximum atomic E-state index is 10.6. The van der Waals surface area contributed by atoms with Crippen LogP contribution in [0.4, 0.5) is 5.69 Å². The van der Waals surface area contributed by atoms with Gasteiger partial charge in [-0.05, 0) is 24.3 Å². The van der Waals surface area contributed by atoms with E-state index < -0.39 is 5.97 Å². The molecule has 1 heterocycles. The summed E-state index contributed by atoms with van der Waals surface area (Å²) >= 11 is 0. The van der Waals surface area contributed by atoms with Gasteiger partial charge in [0.1, 0.15) is 6.29 Å². The standard InChI is InChI=1S/C13H16N2O3/c16-10-11-1-3-12(4-2-11)15-7-5-14(6-8-15)9-13(17)18/h1-4,10H,5-9H2,(H,17,18). The second kappa shape index (κ2) is 5.64. The molecule has 2 rings (SSSR count). The Bertz CT molecular complexity index is 422. The third-order valence-corrected chi connectivity index (χ3v) is 3.13. The van der Waals surface area contributed by atoms with Gasteiger partial charge in [0.25, 0.3) is 0 Å². The van der Waals surface area contributed by atoms with E-state index in [1.54, 1.807) is 12.1 Å². The second-order valence-corrected chi connectivity index (χ2v) is 4.37. The molecule has 96 valence electrons. The van der Waals surface area contributed by atoms with E-state index in [1.807, 2.05) is 17.0 Å². The van der Waals surface area contributed by atoms with Crippen LogP contribution in [0.2, 0.25) is 0 Å². The van der Waals surface area contributed by atoms with Crippen molar-refractivity contribution in [1.82, 2.24) is 4.90 Å². The number of aldehydes is 1. The first kappa shape index (κ1) is 12.6. The quantitative estimate of drug-likeness (QED) is 0.795. The van der Waals surface area contributed by atoms with Gasteiger partial charge in [-0.3, -0.25) is 14.5 Å². The van der Waals surface area contributed by atoms with E-state index in [4.69, 9.17) is 5.11 Å². The molecule has 1 N–H and O–H groups in total. The molecule has 1 aliphatic rings. The zero-order chi connectivity index (χ0) is 13.0. The summed E-state index contributed by atoms with van der Waals surface area (Å²) in [6.45, 7) is 3.24. The highest BCUT2D eigenvalue weighted by atomic mass is 16.4. The van der Waals surface area contributed by atoms with Gasteiger partial charge < -0.3 is 10.0 Å². The van der Waals surface area contributed by atoms with Crippen LogP contribution in [0, 0.1) is 0 Å². The first-order valence-corrected chi connectivity index (χ1v) is 5.93. The highest BCUT2D eigenvalue weighted by molar-refractivity contribution is 5.75. The molecular weight excluding hydrogens is 232 g/mol. The smallest absolute Gasteiger partial charge is 0.317 e. The van der Waals surface area contributed by atoms with Gasteiger partial charge in [0, 0.05) is 37.4 Å². The maximum Gasteiger partial charge on any atom is 0.317 e. The molecule has 5 nitrogen and oxygen atoms in total. The zero-order valence-electron chi connectivity index (χ0n) is 10.1. The predicted octanol–water partition coefficient (Wildman–Crippen LogP) is 0.706. The van der Waals surface area contributed by atoms with Crippen molar-refractivity contribution in [3.63, 3.8) is 0 Å². The Labute approximate surface area is 106 Å². The summed E-state index contributed by atoms with van der Waals surface area (Å²) < 4.78 is 0. The minimum atomic E-state index is -0.779. The molecule has 0 atom stereocenters. The van der Waals surface area contributed by atoms with E-state index in [9.17, 15) is 9.59 Å². The van der Waals surface area contributed by atoms with Crippen molar-refractivity contribution in [2.24, 2.45) is 0 Å². The third-order valence-electron chi connectivity index (χ3n) is 3.13. The average molecular weight is 248 g/mol. The van der Waals surface area contributed by atoms with Gasteiger partial charge in [-0.25, -0.2) is 0 Å². The van der Waals surface area contributed by atoms with E-state index in [1.165, 1.54) is 0 Å². The monoisotopic (exact) mass is 248 g/mol. The number of piperazine rings is 1. The summed E-state index contributed by atoms with van der Waals surface area (Å²) in [5.41, 5.74) is 1.75. The average Bonchev–Trinajstić information content (AvgIpc) is 2.39. The van der Waals surface area contributed by atoms with Gasteiger partial charge >= 0.3 is 5.97 Å². The molecule has 0 spiro atoms. The molecule has 1 saturated heterocycles. The van der Waals surface area contributed by atoms with Crippen molar-refractivity contribution in [1.29, 1.82) is 0 Å². The highest BCUT2D eigenvalue weighted by Gasteiger charge is 2.18. The minimum absolute atomic E-state index is 0.109. The zero-order valence-corrected chi connectivity index (χ0v) is 10.1. The first-order valence-electron chi connectivity index (χ1n) is 5.93. The van der Waals surface area contributed by atoms with Crippen molar-refractivity contribution < 1.29 is 14.7 Å². The second-order valence-electron chi connectivity index (χ2n) is 4.37. The van der Waals surface area contributed by atoms with Crippen LogP contribution in [0.25, 0.3) is 0 Å². The van der Waals surface area contributed by atoms with E-state index >= 15 is 0 Å². The highest BCUT2D eigenvalue weighted by Crippen LogP contribution is 2.16. The topological polar surface area (TPSA) is 60.9 Å². The van der Waals surface area contributed by atoms with Crippen LogP contribution in [0.15, 0.2) is 24.3 Å². The van der Waals surface area contributed by atoms with Crippen LogP contribution >= 0.6 is 0 Å². The lowest BCUT2D eigenvalue weighted by molar-refractivity contribution is -0.138. The van der Waals surface area contributed by atoms with Crippen LogP contribution in [0.3, 0.4) is 0 Å². The van der Waals surface area contributed by atoms with Crippen LogP contribution in [-0.2, 0) is 4.79 Å². The Kier molecular flexibility index (Phi) is 3.94. The lowest BCUT2D eigenvalue weighted by Crippen LogP contribution is -2.47. The molecular formula is C13H16N2O3. The number of rotatable bonds is 4. The fourth-order valence-electron chi connectivity index (χ4n) is 2.12. The number of carboxylic acids is 1. The first-order chi connectivity index (χ1) is 8.69. The number of hydrogen-bond donors (Lipinski definition) is 1. The van der Waals surface area contributed by atoms with Crippen LogP contribution in [-0.4, -0.2) is 55.0 Å². The molecule has 18 heavy (non-hydrogen) atoms. The van der Waals surface area contributed by atoms with Gasteiger partial charge in [-0.1, -0.05) is 0 Å². The Balaban J connectivity index is 1.92. The number of carbonyl (C=O) groups is 2. The molecule has 0 unspecified atom stereocenters. The Morgan fingerprint density at radius 3 is 2.28 bits per heavy atom. The fourth-order valence-corrected chi connectivity index (χ4v) is 2.12. The van der Waals surface area contributed by atoms with Crippen molar-refractivity contribution in [2.45, 2.75) is 0 Å². The predicted molar refractivity (Wildman–Crippen MR) is 68.1 cm³/mol. The van der Waals surface area contributed by atoms with Gasteiger partial charge in [0.2, 0.25) is 0 Å². The molecule has 0 bridgehead atoms. The Hall–Kier alpha value is -1.88. The number of hydrogen-bond acceptors (Lipinski definition) is 4. The van der Waals surface area contributed by atoms with Crippen molar-refractivity contribution in [2.75, 3.05) is 37.6 Å². The van der Waals surface area contributed by atoms with E-state index in [0.717, 1.165) is 38.2 Å². The Morgan fingerprint density at radius 2 is 1.78 bits per heavy atom. The normalized spacial score (nSPS) is 16.6. The van der Waals surface area contributed by atoms with Gasteiger partial charge in [0.05, 0.1) is 6.54 Å². The van der Waals surface area contributed by atoms with Crippen molar-refractivity contribution in [3.05, 3.63) is 29.8 Å². The lowest BCUT2D eigenvalue weighted by atomic mass is 10.2. The fraction of sp³-hybridized carbons (Fsp3) is 0.385. The van der Waals surface area contributed by atoms with E-state index in [0.29, 0.717) is 5.56 Å².